The van der Waals surface area contributed by atoms with Crippen LogP contribution in [0.4, 0.5) is 0 Å². The van der Waals surface area contributed by atoms with E-state index in [9.17, 15) is 24.6 Å². The van der Waals surface area contributed by atoms with Crippen LogP contribution in [0, 0.1) is 34.5 Å². The zero-order chi connectivity index (χ0) is 29.3. The number of fused-ring (bicyclic) bond motifs is 3. The van der Waals surface area contributed by atoms with Crippen molar-refractivity contribution < 1.29 is 29.3 Å². The largest absolute Gasteiger partial charge is 0.451 e. The number of carbonyl (C=O) groups excluding carboxylic acids is 3. The van der Waals surface area contributed by atoms with E-state index >= 15 is 0 Å². The number of ketones is 1. The van der Waals surface area contributed by atoms with E-state index in [1.54, 1.807) is 73.7 Å². The Morgan fingerprint density at radius 1 is 1.02 bits per heavy atom. The van der Waals surface area contributed by atoms with Crippen molar-refractivity contribution in [3.8, 4) is 0 Å². The van der Waals surface area contributed by atoms with Crippen LogP contribution in [0.2, 0.25) is 0 Å². The van der Waals surface area contributed by atoms with E-state index in [0.29, 0.717) is 28.7 Å². The molecule has 7 nitrogen and oxygen atoms in total. The van der Waals surface area contributed by atoms with Crippen LogP contribution in [0.1, 0.15) is 54.8 Å². The summed E-state index contributed by atoms with van der Waals surface area (Å²) in [4.78, 5) is 40.9. The second kappa shape index (κ2) is 9.50. The Bertz CT molecular complexity index is 1460. The molecule has 3 N–H and O–H groups in total. The van der Waals surface area contributed by atoms with Crippen molar-refractivity contribution in [3.05, 3.63) is 95.1 Å². The van der Waals surface area contributed by atoms with E-state index in [4.69, 9.17) is 4.74 Å². The average Bonchev–Trinajstić information content (AvgIpc) is 3.46. The fourth-order valence-corrected chi connectivity index (χ4v) is 8.23. The predicted octanol–water partition coefficient (Wildman–Crippen LogP) is 4.12. The van der Waals surface area contributed by atoms with Gasteiger partial charge in [0.1, 0.15) is 6.10 Å². The predicted molar refractivity (Wildman–Crippen MR) is 153 cm³/mol. The summed E-state index contributed by atoms with van der Waals surface area (Å²) in [6, 6.07) is 17.2. The van der Waals surface area contributed by atoms with Gasteiger partial charge in [0.2, 0.25) is 0 Å². The summed E-state index contributed by atoms with van der Waals surface area (Å²) in [6.07, 6.45) is 1.41. The number of rotatable bonds is 5. The van der Waals surface area contributed by atoms with Gasteiger partial charge in [-0.15, -0.1) is 0 Å². The molecule has 4 aliphatic carbocycles. The van der Waals surface area contributed by atoms with Gasteiger partial charge in [-0.05, 0) is 71.9 Å². The number of esters is 1. The molecule has 0 radical (unpaired) electrons. The first kappa shape index (κ1) is 27.6. The molecule has 0 saturated heterocycles. The second-order valence-electron chi connectivity index (χ2n) is 12.9. The molecule has 2 bridgehead atoms. The Kier molecular flexibility index (Phi) is 6.40. The van der Waals surface area contributed by atoms with E-state index < -0.39 is 35.1 Å². The van der Waals surface area contributed by atoms with Gasteiger partial charge < -0.3 is 20.3 Å². The average molecular weight is 556 g/mol. The van der Waals surface area contributed by atoms with Crippen LogP contribution >= 0.6 is 0 Å². The van der Waals surface area contributed by atoms with Crippen molar-refractivity contribution in [3.63, 3.8) is 0 Å². The number of aliphatic hydroxyl groups is 2. The number of hydrogen-bond donors (Lipinski definition) is 3. The lowest BCUT2D eigenvalue weighted by atomic mass is 9.59. The maximum atomic E-state index is 14.7. The molecule has 0 aromatic heterocycles. The number of carbonyl (C=O) groups is 3. The van der Waals surface area contributed by atoms with Crippen LogP contribution in [0.5, 0.6) is 0 Å². The summed E-state index contributed by atoms with van der Waals surface area (Å²) in [5.74, 6) is -1.71. The van der Waals surface area contributed by atoms with Crippen LogP contribution in [0.25, 0.3) is 0 Å². The summed E-state index contributed by atoms with van der Waals surface area (Å²) in [7, 11) is 0. The van der Waals surface area contributed by atoms with E-state index in [-0.39, 0.29) is 41.4 Å². The number of allylic oxidation sites excluding steroid dienone is 1. The number of benzene rings is 2. The SMILES string of the molecule is CC1=C[C@]23C(=O)[C@@H](C=C(CNC(=O)c4ccccc4)[C@@H](O)[C@]2(O)[C@H]1OC(=O)c1ccccc1)[C@H]1[C@@H](C[C@H]3C)C1(C)C. The Labute approximate surface area is 240 Å². The lowest BCUT2D eigenvalue weighted by molar-refractivity contribution is -0.190. The zero-order valence-electron chi connectivity index (χ0n) is 23.8. The Balaban J connectivity index is 1.43. The van der Waals surface area contributed by atoms with E-state index in [0.717, 1.165) is 0 Å². The fraction of sp³-hybridized carbons (Fsp3) is 0.441. The highest BCUT2D eigenvalue weighted by atomic mass is 16.6. The van der Waals surface area contributed by atoms with Crippen molar-refractivity contribution in [1.29, 1.82) is 0 Å². The standard InChI is InChI=1S/C34H37NO6/c1-19-17-33-20(2)15-25-26(32(25,3)4)24(28(33)37)16-23(18-35-30(38)21-11-7-5-8-12-21)27(36)34(33,40)29(19)41-31(39)22-13-9-6-10-14-22/h5-14,16-17,20,24-27,29,36,40H,15,18H2,1-4H3,(H,35,38)/t20-,24+,25-,26+,27-,29+,33+,34+/m1/s1. The molecular weight excluding hydrogens is 518 g/mol. The van der Waals surface area contributed by atoms with Gasteiger partial charge >= 0.3 is 5.97 Å². The molecule has 1 spiro atoms. The molecule has 2 aromatic carbocycles. The lowest BCUT2D eigenvalue weighted by Crippen LogP contribution is -2.66. The van der Waals surface area contributed by atoms with E-state index in [1.807, 2.05) is 13.0 Å². The zero-order valence-corrected chi connectivity index (χ0v) is 23.8. The third-order valence-electron chi connectivity index (χ3n) is 10.4. The summed E-state index contributed by atoms with van der Waals surface area (Å²) in [5, 5.41) is 27.7. The first-order valence-corrected chi connectivity index (χ1v) is 14.4. The molecule has 41 heavy (non-hydrogen) atoms. The van der Waals surface area contributed by atoms with Crippen molar-refractivity contribution >= 4 is 17.7 Å². The number of Topliss-reactive ketones (excluding diaryl/α,β-unsaturated/α-hetero) is 1. The highest BCUT2D eigenvalue weighted by molar-refractivity contribution is 5.96. The van der Waals surface area contributed by atoms with Gasteiger partial charge in [-0.1, -0.05) is 69.3 Å². The summed E-state index contributed by atoms with van der Waals surface area (Å²) in [5.41, 5.74) is -2.06. The molecule has 0 aliphatic heterocycles. The third kappa shape index (κ3) is 3.89. The lowest BCUT2D eigenvalue weighted by Gasteiger charge is -2.48. The van der Waals surface area contributed by atoms with Gasteiger partial charge in [0.25, 0.3) is 5.91 Å². The topological polar surface area (TPSA) is 113 Å². The minimum Gasteiger partial charge on any atom is -0.451 e. The molecule has 7 heteroatoms. The fourth-order valence-electron chi connectivity index (χ4n) is 8.23. The number of nitrogens with one attached hydrogen (secondary N) is 1. The third-order valence-corrected chi connectivity index (χ3v) is 10.4. The van der Waals surface area contributed by atoms with E-state index in [2.05, 4.69) is 19.2 Å². The molecule has 2 saturated carbocycles. The molecule has 4 aliphatic rings. The Morgan fingerprint density at radius 3 is 2.27 bits per heavy atom. The van der Waals surface area contributed by atoms with Gasteiger partial charge in [-0.3, -0.25) is 9.59 Å². The Hall–Kier alpha value is -3.55. The molecule has 2 fully saturated rings. The number of aliphatic hydroxyl groups excluding tert-OH is 1. The molecular formula is C34H37NO6. The van der Waals surface area contributed by atoms with E-state index in [1.165, 1.54) is 0 Å². The quantitative estimate of drug-likeness (QED) is 0.378. The molecule has 0 unspecified atom stereocenters. The van der Waals surface area contributed by atoms with Crippen molar-refractivity contribution in [2.75, 3.05) is 6.54 Å². The highest BCUT2D eigenvalue weighted by Crippen LogP contribution is 2.71. The second-order valence-corrected chi connectivity index (χ2v) is 12.9. The van der Waals surface area contributed by atoms with Crippen molar-refractivity contribution in [1.82, 2.24) is 5.32 Å². The van der Waals surface area contributed by atoms with Crippen LogP contribution in [0.3, 0.4) is 0 Å². The van der Waals surface area contributed by atoms with Crippen LogP contribution in [-0.4, -0.2) is 52.2 Å². The monoisotopic (exact) mass is 555 g/mol. The maximum Gasteiger partial charge on any atom is 0.338 e. The maximum absolute atomic E-state index is 14.7. The summed E-state index contributed by atoms with van der Waals surface area (Å²) in [6.45, 7) is 7.96. The van der Waals surface area contributed by atoms with Crippen LogP contribution in [0.15, 0.2) is 84.0 Å². The highest BCUT2D eigenvalue weighted by Gasteiger charge is 2.76. The van der Waals surface area contributed by atoms with Crippen molar-refractivity contribution in [2.45, 2.75) is 51.9 Å². The van der Waals surface area contributed by atoms with Gasteiger partial charge in [0.05, 0.1) is 11.0 Å². The Morgan fingerprint density at radius 2 is 1.63 bits per heavy atom. The molecule has 2 aromatic rings. The molecule has 6 rings (SSSR count). The van der Waals surface area contributed by atoms with Crippen LogP contribution in [-0.2, 0) is 9.53 Å². The van der Waals surface area contributed by atoms with Gasteiger partial charge in [-0.25, -0.2) is 4.79 Å². The molecule has 0 heterocycles. The van der Waals surface area contributed by atoms with Crippen LogP contribution < -0.4 is 5.32 Å². The van der Waals surface area contributed by atoms with Gasteiger partial charge in [-0.2, -0.15) is 0 Å². The first-order valence-electron chi connectivity index (χ1n) is 14.4. The minimum atomic E-state index is -2.16. The number of hydrogen-bond acceptors (Lipinski definition) is 6. The number of amides is 1. The summed E-state index contributed by atoms with van der Waals surface area (Å²) < 4.78 is 5.97. The van der Waals surface area contributed by atoms with Crippen molar-refractivity contribution in [2.24, 2.45) is 34.5 Å². The summed E-state index contributed by atoms with van der Waals surface area (Å²) >= 11 is 0. The minimum absolute atomic E-state index is 0.0471. The molecule has 1 amide bonds. The first-order chi connectivity index (χ1) is 19.4. The molecule has 214 valence electrons. The molecule has 8 atom stereocenters. The smallest absolute Gasteiger partial charge is 0.338 e. The van der Waals surface area contributed by atoms with Gasteiger partial charge in [0, 0.05) is 18.0 Å². The normalized spacial score (nSPS) is 36.5. The number of ether oxygens (including phenoxy) is 1. The van der Waals surface area contributed by atoms with Gasteiger partial charge in [0.15, 0.2) is 17.5 Å².